The fraction of sp³-hybridized carbons (Fsp3) is 0.0667. The lowest BCUT2D eigenvalue weighted by atomic mass is 9.82. The predicted octanol–water partition coefficient (Wildman–Crippen LogP) is 10.6. The summed E-state index contributed by atoms with van der Waals surface area (Å²) in [7, 11) is 0. The lowest BCUT2D eigenvalue weighted by Gasteiger charge is -2.21. The van der Waals surface area contributed by atoms with Gasteiger partial charge in [-0.05, 0) is 56.9 Å². The maximum Gasteiger partial charge on any atom is 0.164 e. The highest BCUT2D eigenvalue weighted by Crippen LogP contribution is 2.45. The normalized spacial score (nSPS) is 13.1. The molecule has 12 bridgehead atoms. The van der Waals surface area contributed by atoms with Crippen LogP contribution in [0.1, 0.15) is 25.0 Å². The molecule has 0 unspecified atom stereocenters. The molecule has 240 valence electrons. The zero-order valence-electron chi connectivity index (χ0n) is 28.0. The van der Waals surface area contributed by atoms with Crippen LogP contribution in [0.4, 0.5) is 0 Å². The Labute approximate surface area is 293 Å². The molecule has 6 heteroatoms. The van der Waals surface area contributed by atoms with E-state index in [2.05, 4.69) is 98.8 Å². The van der Waals surface area contributed by atoms with E-state index < -0.39 is 0 Å². The number of aromatic nitrogens is 6. The van der Waals surface area contributed by atoms with Gasteiger partial charge in [-0.15, -0.1) is 0 Å². The molecular weight excluding hydrogens is 625 g/mol. The van der Waals surface area contributed by atoms with E-state index in [1.807, 2.05) is 60.7 Å². The quantitative estimate of drug-likeness (QED) is 0.185. The van der Waals surface area contributed by atoms with Gasteiger partial charge in [0.05, 0.1) is 0 Å². The van der Waals surface area contributed by atoms with Crippen LogP contribution in [0, 0.1) is 0 Å². The molecular formula is C45H30N6. The van der Waals surface area contributed by atoms with Gasteiger partial charge in [0, 0.05) is 38.1 Å². The van der Waals surface area contributed by atoms with E-state index in [9.17, 15) is 0 Å². The van der Waals surface area contributed by atoms with E-state index in [0.29, 0.717) is 34.2 Å². The number of hydrogen-bond acceptors (Lipinski definition) is 6. The molecule has 1 aliphatic rings. The smallest absolute Gasteiger partial charge is 0.164 e. The highest BCUT2D eigenvalue weighted by molar-refractivity contribution is 6.03. The molecule has 51 heavy (non-hydrogen) atoms. The molecule has 10 rings (SSSR count). The lowest BCUT2D eigenvalue weighted by Crippen LogP contribution is -2.15. The summed E-state index contributed by atoms with van der Waals surface area (Å²) < 4.78 is 0. The van der Waals surface area contributed by atoms with Gasteiger partial charge in [-0.3, -0.25) is 0 Å². The van der Waals surface area contributed by atoms with E-state index in [4.69, 9.17) is 29.9 Å². The topological polar surface area (TPSA) is 77.3 Å². The minimum Gasteiger partial charge on any atom is -0.208 e. The molecule has 6 aromatic carbocycles. The fourth-order valence-corrected chi connectivity index (χ4v) is 7.42. The average molecular weight is 655 g/mol. The van der Waals surface area contributed by atoms with Crippen molar-refractivity contribution in [2.24, 2.45) is 0 Å². The van der Waals surface area contributed by atoms with Crippen LogP contribution in [0.3, 0.4) is 0 Å². The second kappa shape index (κ2) is 11.2. The van der Waals surface area contributed by atoms with Gasteiger partial charge in [0.2, 0.25) is 0 Å². The van der Waals surface area contributed by atoms with Crippen molar-refractivity contribution in [1.82, 2.24) is 29.9 Å². The Kier molecular flexibility index (Phi) is 6.42. The van der Waals surface area contributed by atoms with Gasteiger partial charge in [-0.2, -0.15) is 0 Å². The van der Waals surface area contributed by atoms with Crippen molar-refractivity contribution in [1.29, 1.82) is 0 Å². The third-order valence-electron chi connectivity index (χ3n) is 10.1. The van der Waals surface area contributed by atoms with E-state index in [1.165, 1.54) is 11.1 Å². The van der Waals surface area contributed by atoms with Gasteiger partial charge in [-0.1, -0.05) is 135 Å². The Morgan fingerprint density at radius 1 is 0.333 bits per heavy atom. The summed E-state index contributed by atoms with van der Waals surface area (Å²) in [5.41, 5.74) is 6.71. The molecule has 9 aromatic rings. The summed E-state index contributed by atoms with van der Waals surface area (Å²) >= 11 is 0. The minimum atomic E-state index is -0.194. The molecule has 0 spiro atoms. The zero-order chi connectivity index (χ0) is 34.1. The van der Waals surface area contributed by atoms with Crippen molar-refractivity contribution in [3.63, 3.8) is 0 Å². The molecule has 6 nitrogen and oxygen atoms in total. The Balaban J connectivity index is 1.41. The number of benzene rings is 6. The molecule has 3 heterocycles. The van der Waals surface area contributed by atoms with Crippen LogP contribution < -0.4 is 0 Å². The SMILES string of the molecule is CC1(C)c2ccc3cc2c2cc(ccc21)c1nc(-c2ccccc2)nc(n1)c1cccc(c1)c1cccc(c1)c1nc(-c2ccccc2)nc3n1. The molecule has 0 fully saturated rings. The summed E-state index contributed by atoms with van der Waals surface area (Å²) in [6.45, 7) is 4.57. The first-order chi connectivity index (χ1) is 25.0. The standard InChI is InChI=1S/C45H30N6/c1-45(2)37-21-19-33-25-35(37)36-26-34(20-22-38(36)45)44-49-40(28-13-7-4-8-14-28)47-42(51-44)32-18-10-16-30(24-32)29-15-9-17-31(23-29)41-46-39(48-43(33)50-41)27-11-5-3-6-12-27/h3-26H,1-2H3. The Morgan fingerprint density at radius 2 is 0.706 bits per heavy atom. The Hall–Kier alpha value is -6.66. The Bertz CT molecular complexity index is 2790. The fourth-order valence-electron chi connectivity index (χ4n) is 7.42. The van der Waals surface area contributed by atoms with Gasteiger partial charge in [0.1, 0.15) is 0 Å². The minimum absolute atomic E-state index is 0.194. The van der Waals surface area contributed by atoms with Crippen LogP contribution in [-0.2, 0) is 5.41 Å². The van der Waals surface area contributed by atoms with Crippen molar-refractivity contribution in [3.8, 4) is 22.8 Å². The molecule has 0 saturated heterocycles. The number of nitrogens with zero attached hydrogens (tertiary/aromatic N) is 6. The number of hydrogen-bond donors (Lipinski definition) is 0. The largest absolute Gasteiger partial charge is 0.208 e. The van der Waals surface area contributed by atoms with Gasteiger partial charge in [0.15, 0.2) is 34.2 Å². The van der Waals surface area contributed by atoms with E-state index in [0.717, 1.165) is 54.2 Å². The summed E-state index contributed by atoms with van der Waals surface area (Å²) in [5.74, 6) is 1.27. The molecule has 0 saturated carbocycles. The average Bonchev–Trinajstić information content (AvgIpc) is 3.42. The molecule has 0 atom stereocenters. The first-order valence-electron chi connectivity index (χ1n) is 17.1. The van der Waals surface area contributed by atoms with Crippen molar-refractivity contribution < 1.29 is 0 Å². The summed E-state index contributed by atoms with van der Waals surface area (Å²) in [6, 6.07) is 50.2. The second-order valence-corrected chi connectivity index (χ2v) is 13.7. The third kappa shape index (κ3) is 4.87. The van der Waals surface area contributed by atoms with Crippen LogP contribution in [0.2, 0.25) is 0 Å². The molecule has 1 aliphatic carbocycles. The third-order valence-corrected chi connectivity index (χ3v) is 10.1. The number of rotatable bonds is 2. The predicted molar refractivity (Wildman–Crippen MR) is 208 cm³/mol. The highest BCUT2D eigenvalue weighted by atomic mass is 15.0. The summed E-state index contributed by atoms with van der Waals surface area (Å²) in [6.07, 6.45) is 0. The van der Waals surface area contributed by atoms with Gasteiger partial charge >= 0.3 is 0 Å². The second-order valence-electron chi connectivity index (χ2n) is 13.7. The molecule has 0 amide bonds. The first kappa shape index (κ1) is 29.3. The Morgan fingerprint density at radius 3 is 1.12 bits per heavy atom. The molecule has 0 aliphatic heterocycles. The number of fused-ring (bicyclic) bond motifs is 15. The lowest BCUT2D eigenvalue weighted by molar-refractivity contribution is 0.662. The van der Waals surface area contributed by atoms with E-state index in [-0.39, 0.29) is 5.41 Å². The first-order valence-corrected chi connectivity index (χ1v) is 17.1. The maximum atomic E-state index is 5.12. The van der Waals surface area contributed by atoms with Gasteiger partial charge in [0.25, 0.3) is 0 Å². The van der Waals surface area contributed by atoms with Crippen molar-refractivity contribution in [2.75, 3.05) is 0 Å². The zero-order valence-corrected chi connectivity index (χ0v) is 28.0. The summed E-state index contributed by atoms with van der Waals surface area (Å²) in [4.78, 5) is 30.4. The van der Waals surface area contributed by atoms with Crippen molar-refractivity contribution >= 4 is 65.7 Å². The van der Waals surface area contributed by atoms with Crippen molar-refractivity contribution in [2.45, 2.75) is 19.3 Å². The maximum absolute atomic E-state index is 5.12. The monoisotopic (exact) mass is 654 g/mol. The van der Waals surface area contributed by atoms with Gasteiger partial charge < -0.3 is 0 Å². The van der Waals surface area contributed by atoms with E-state index in [1.54, 1.807) is 0 Å². The summed E-state index contributed by atoms with van der Waals surface area (Å²) in [5, 5.41) is 8.08. The van der Waals surface area contributed by atoms with Crippen LogP contribution in [0.15, 0.2) is 146 Å². The molecule has 0 N–H and O–H groups in total. The van der Waals surface area contributed by atoms with Crippen LogP contribution in [-0.4, -0.2) is 29.9 Å². The molecule has 0 radical (unpaired) electrons. The van der Waals surface area contributed by atoms with Crippen LogP contribution in [0.5, 0.6) is 0 Å². The van der Waals surface area contributed by atoms with E-state index >= 15 is 0 Å². The van der Waals surface area contributed by atoms with Crippen LogP contribution in [0.25, 0.3) is 88.5 Å². The highest BCUT2D eigenvalue weighted by Gasteiger charge is 2.32. The van der Waals surface area contributed by atoms with Gasteiger partial charge in [-0.25, -0.2) is 29.9 Å². The van der Waals surface area contributed by atoms with Crippen LogP contribution >= 0.6 is 0 Å². The van der Waals surface area contributed by atoms with Crippen molar-refractivity contribution in [3.05, 3.63) is 157 Å². The molecule has 3 aromatic heterocycles.